The number of hydrogen-bond acceptors (Lipinski definition) is 4. The van der Waals surface area contributed by atoms with Gasteiger partial charge in [0, 0.05) is 29.6 Å². The van der Waals surface area contributed by atoms with E-state index in [0.29, 0.717) is 24.2 Å². The fourth-order valence-electron chi connectivity index (χ4n) is 2.78. The number of aromatic nitrogens is 1. The maximum Gasteiger partial charge on any atom is 0.0986 e. The van der Waals surface area contributed by atoms with Gasteiger partial charge in [-0.15, -0.1) is 11.3 Å². The summed E-state index contributed by atoms with van der Waals surface area (Å²) in [6.45, 7) is 5.29. The van der Waals surface area contributed by atoms with Crippen LogP contribution in [0, 0.1) is 0 Å². The van der Waals surface area contributed by atoms with E-state index in [2.05, 4.69) is 24.1 Å². The average Bonchev–Trinajstić information content (AvgIpc) is 3.01. The normalized spacial score (nSPS) is 31.6. The van der Waals surface area contributed by atoms with Crippen molar-refractivity contribution >= 4 is 11.3 Å². The summed E-state index contributed by atoms with van der Waals surface area (Å²) in [5, 5.41) is 4.73. The van der Waals surface area contributed by atoms with Crippen LogP contribution in [0.5, 0.6) is 0 Å². The highest BCUT2D eigenvalue weighted by Gasteiger charge is 2.42. The average molecular weight is 252 g/mol. The summed E-state index contributed by atoms with van der Waals surface area (Å²) < 4.78 is 5.90. The molecule has 0 radical (unpaired) electrons. The van der Waals surface area contributed by atoms with Gasteiger partial charge in [0.25, 0.3) is 0 Å². The topological polar surface area (TPSA) is 34.2 Å². The van der Waals surface area contributed by atoms with Gasteiger partial charge in [-0.05, 0) is 19.3 Å². The van der Waals surface area contributed by atoms with Crippen molar-refractivity contribution in [3.8, 4) is 0 Å². The van der Waals surface area contributed by atoms with Crippen LogP contribution >= 0.6 is 11.3 Å². The van der Waals surface area contributed by atoms with Crippen molar-refractivity contribution in [1.82, 2.24) is 10.3 Å². The molecule has 0 aromatic carbocycles. The quantitative estimate of drug-likeness (QED) is 0.894. The Balaban J connectivity index is 1.64. The number of ether oxygens (including phenoxy) is 1. The minimum atomic E-state index is 0.456. The molecule has 0 spiro atoms. The van der Waals surface area contributed by atoms with Crippen molar-refractivity contribution in [2.75, 3.05) is 0 Å². The van der Waals surface area contributed by atoms with Crippen LogP contribution in [-0.4, -0.2) is 23.2 Å². The molecule has 3 nitrogen and oxygen atoms in total. The van der Waals surface area contributed by atoms with Crippen LogP contribution in [0.15, 0.2) is 6.20 Å². The zero-order valence-electron chi connectivity index (χ0n) is 10.5. The number of rotatable bonds is 4. The lowest BCUT2D eigenvalue weighted by Gasteiger charge is -2.15. The van der Waals surface area contributed by atoms with E-state index < -0.39 is 0 Å². The Morgan fingerprint density at radius 2 is 2.41 bits per heavy atom. The SMILES string of the molecule is CC(C)NCc1cnc(C2CC3CCC2O3)s1. The molecule has 3 rings (SSSR count). The molecule has 0 saturated carbocycles. The standard InChI is InChI=1S/C13H20N2OS/c1-8(2)14-6-10-7-15-13(17-10)11-5-9-3-4-12(11)16-9/h7-9,11-12,14H,3-6H2,1-2H3. The predicted octanol–water partition coefficient (Wildman–Crippen LogP) is 2.68. The molecule has 17 heavy (non-hydrogen) atoms. The van der Waals surface area contributed by atoms with Crippen LogP contribution in [0.2, 0.25) is 0 Å². The van der Waals surface area contributed by atoms with Crippen molar-refractivity contribution in [2.45, 2.75) is 63.8 Å². The Hall–Kier alpha value is -0.450. The summed E-state index contributed by atoms with van der Waals surface area (Å²) in [5.74, 6) is 0.576. The molecule has 0 amide bonds. The second-order valence-corrected chi connectivity index (χ2v) is 6.56. The van der Waals surface area contributed by atoms with E-state index in [1.165, 1.54) is 29.1 Å². The first kappa shape index (κ1) is 11.6. The molecule has 3 unspecified atom stereocenters. The lowest BCUT2D eigenvalue weighted by Crippen LogP contribution is -2.21. The molecular formula is C13H20N2OS. The molecule has 2 aliphatic rings. The lowest BCUT2D eigenvalue weighted by atomic mass is 9.90. The minimum absolute atomic E-state index is 0.456. The molecule has 0 aliphatic carbocycles. The Labute approximate surface area is 107 Å². The second kappa shape index (κ2) is 4.67. The number of fused-ring (bicyclic) bond motifs is 2. The summed E-state index contributed by atoms with van der Waals surface area (Å²) in [6, 6.07) is 0.534. The largest absolute Gasteiger partial charge is 0.374 e. The summed E-state index contributed by atoms with van der Waals surface area (Å²) in [4.78, 5) is 5.94. The van der Waals surface area contributed by atoms with Gasteiger partial charge >= 0.3 is 0 Å². The third-order valence-corrected chi connectivity index (χ3v) is 4.81. The van der Waals surface area contributed by atoms with Gasteiger partial charge in [-0.25, -0.2) is 4.98 Å². The van der Waals surface area contributed by atoms with Gasteiger partial charge in [0.1, 0.15) is 0 Å². The first-order valence-electron chi connectivity index (χ1n) is 6.56. The highest BCUT2D eigenvalue weighted by Crippen LogP contribution is 2.45. The molecule has 2 saturated heterocycles. The maximum absolute atomic E-state index is 5.90. The zero-order valence-corrected chi connectivity index (χ0v) is 11.3. The van der Waals surface area contributed by atoms with Crippen LogP contribution in [0.3, 0.4) is 0 Å². The van der Waals surface area contributed by atoms with Gasteiger partial charge < -0.3 is 10.1 Å². The summed E-state index contributed by atoms with van der Waals surface area (Å²) in [6.07, 6.45) is 6.68. The predicted molar refractivity (Wildman–Crippen MR) is 69.3 cm³/mol. The minimum Gasteiger partial charge on any atom is -0.374 e. The molecule has 3 atom stereocenters. The van der Waals surface area contributed by atoms with Crippen molar-refractivity contribution in [3.05, 3.63) is 16.1 Å². The van der Waals surface area contributed by atoms with Crippen LogP contribution < -0.4 is 5.32 Å². The first-order chi connectivity index (χ1) is 8.22. The number of nitrogens with one attached hydrogen (secondary N) is 1. The molecule has 1 aromatic heterocycles. The smallest absolute Gasteiger partial charge is 0.0986 e. The van der Waals surface area contributed by atoms with E-state index in [1.807, 2.05) is 17.5 Å². The van der Waals surface area contributed by atoms with Gasteiger partial charge in [0.05, 0.1) is 17.2 Å². The summed E-state index contributed by atoms with van der Waals surface area (Å²) in [5.41, 5.74) is 0. The maximum atomic E-state index is 5.90. The number of thiazole rings is 1. The van der Waals surface area contributed by atoms with Crippen LogP contribution in [0.1, 0.15) is 48.9 Å². The zero-order chi connectivity index (χ0) is 11.8. The van der Waals surface area contributed by atoms with Crippen molar-refractivity contribution in [2.24, 2.45) is 0 Å². The molecule has 2 fully saturated rings. The van der Waals surface area contributed by atoms with Crippen molar-refractivity contribution in [3.63, 3.8) is 0 Å². The monoisotopic (exact) mass is 252 g/mol. The molecule has 4 heteroatoms. The second-order valence-electron chi connectivity index (χ2n) is 5.42. The van der Waals surface area contributed by atoms with Crippen LogP contribution in [0.25, 0.3) is 0 Å². The Morgan fingerprint density at radius 3 is 3.06 bits per heavy atom. The lowest BCUT2D eigenvalue weighted by molar-refractivity contribution is 0.101. The fraction of sp³-hybridized carbons (Fsp3) is 0.769. The third-order valence-electron chi connectivity index (χ3n) is 3.68. The molecule has 2 bridgehead atoms. The number of hydrogen-bond donors (Lipinski definition) is 1. The molecule has 3 heterocycles. The van der Waals surface area contributed by atoms with E-state index in [-0.39, 0.29) is 0 Å². The van der Waals surface area contributed by atoms with Crippen molar-refractivity contribution in [1.29, 1.82) is 0 Å². The molecule has 2 aliphatic heterocycles. The Kier molecular flexibility index (Phi) is 3.19. The third kappa shape index (κ3) is 2.39. The number of nitrogens with zero attached hydrogens (tertiary/aromatic N) is 1. The van der Waals surface area contributed by atoms with E-state index in [0.717, 1.165) is 6.54 Å². The van der Waals surface area contributed by atoms with E-state index in [1.54, 1.807) is 0 Å². The molecular weight excluding hydrogens is 232 g/mol. The molecule has 94 valence electrons. The summed E-state index contributed by atoms with van der Waals surface area (Å²) >= 11 is 1.86. The summed E-state index contributed by atoms with van der Waals surface area (Å²) in [7, 11) is 0. The molecule has 1 aromatic rings. The van der Waals surface area contributed by atoms with Gasteiger partial charge in [0.2, 0.25) is 0 Å². The highest BCUT2D eigenvalue weighted by molar-refractivity contribution is 7.11. The van der Waals surface area contributed by atoms with Crippen LogP contribution in [0.4, 0.5) is 0 Å². The van der Waals surface area contributed by atoms with Crippen molar-refractivity contribution < 1.29 is 4.74 Å². The molecule has 1 N–H and O–H groups in total. The van der Waals surface area contributed by atoms with Gasteiger partial charge in [-0.2, -0.15) is 0 Å². The van der Waals surface area contributed by atoms with Gasteiger partial charge in [-0.3, -0.25) is 0 Å². The Morgan fingerprint density at radius 1 is 1.53 bits per heavy atom. The van der Waals surface area contributed by atoms with Gasteiger partial charge in [0.15, 0.2) is 0 Å². The highest BCUT2D eigenvalue weighted by atomic mass is 32.1. The Bertz CT molecular complexity index is 391. The van der Waals surface area contributed by atoms with E-state index >= 15 is 0 Å². The van der Waals surface area contributed by atoms with E-state index in [4.69, 9.17) is 4.74 Å². The van der Waals surface area contributed by atoms with Gasteiger partial charge in [-0.1, -0.05) is 13.8 Å². The van der Waals surface area contributed by atoms with Crippen LogP contribution in [-0.2, 0) is 11.3 Å². The first-order valence-corrected chi connectivity index (χ1v) is 7.37. The fourth-order valence-corrected chi connectivity index (χ4v) is 3.81. The van der Waals surface area contributed by atoms with E-state index in [9.17, 15) is 0 Å².